The highest BCUT2D eigenvalue weighted by Gasteiger charge is 2.31. The van der Waals surface area contributed by atoms with Crippen LogP contribution in [0.1, 0.15) is 70.7 Å². The van der Waals surface area contributed by atoms with Crippen LogP contribution in [0.25, 0.3) is 22.3 Å². The molecule has 1 aromatic carbocycles. The van der Waals surface area contributed by atoms with Crippen molar-refractivity contribution in [3.8, 4) is 17.0 Å². The first-order chi connectivity index (χ1) is 18.8. The van der Waals surface area contributed by atoms with Gasteiger partial charge < -0.3 is 25.3 Å². The lowest BCUT2D eigenvalue weighted by Crippen LogP contribution is -2.35. The van der Waals surface area contributed by atoms with Gasteiger partial charge in [0.05, 0.1) is 22.8 Å². The van der Waals surface area contributed by atoms with Gasteiger partial charge in [-0.2, -0.15) is 0 Å². The molecule has 3 aromatic rings. The third kappa shape index (κ3) is 7.24. The third-order valence-corrected chi connectivity index (χ3v) is 6.90. The van der Waals surface area contributed by atoms with Crippen molar-refractivity contribution in [3.05, 3.63) is 42.2 Å². The lowest BCUT2D eigenvalue weighted by atomic mass is 9.85. The fraction of sp³-hybridized carbons (Fsp3) is 0.500. The van der Waals surface area contributed by atoms with Crippen molar-refractivity contribution in [3.63, 3.8) is 0 Å². The molecule has 1 saturated carbocycles. The Morgan fingerprint density at radius 3 is 2.42 bits per heavy atom. The zero-order chi connectivity index (χ0) is 29.1. The van der Waals surface area contributed by atoms with Crippen LogP contribution in [0.15, 0.2) is 36.7 Å². The number of methoxy groups -OCH3 is 1. The van der Waals surface area contributed by atoms with Crippen LogP contribution in [0.2, 0.25) is 0 Å². The number of benzene rings is 1. The number of nitrogens with one attached hydrogen (secondary N) is 1. The number of esters is 1. The van der Waals surface area contributed by atoms with E-state index >= 15 is 0 Å². The molecule has 3 N–H and O–H groups in total. The van der Waals surface area contributed by atoms with Crippen molar-refractivity contribution >= 4 is 28.7 Å². The van der Waals surface area contributed by atoms with E-state index in [4.69, 9.17) is 24.9 Å². The first kappa shape index (κ1) is 29.2. The van der Waals surface area contributed by atoms with Crippen molar-refractivity contribution in [2.24, 2.45) is 11.7 Å². The molecule has 4 rings (SSSR count). The molecule has 10 nitrogen and oxygen atoms in total. The summed E-state index contributed by atoms with van der Waals surface area (Å²) < 4.78 is 16.9. The second-order valence-corrected chi connectivity index (χ2v) is 11.9. The van der Waals surface area contributed by atoms with Crippen molar-refractivity contribution in [2.75, 3.05) is 19.0 Å². The van der Waals surface area contributed by atoms with Crippen molar-refractivity contribution < 1.29 is 23.8 Å². The second kappa shape index (κ2) is 11.8. The molecule has 1 aliphatic rings. The molecule has 0 spiro atoms. The summed E-state index contributed by atoms with van der Waals surface area (Å²) >= 11 is 0. The first-order valence-corrected chi connectivity index (χ1v) is 13.6. The summed E-state index contributed by atoms with van der Waals surface area (Å²) in [4.78, 5) is 38.8. The number of carbonyl (C=O) groups excluding carboxylic acids is 2. The van der Waals surface area contributed by atoms with Gasteiger partial charge in [0.25, 0.3) is 5.91 Å². The van der Waals surface area contributed by atoms with Crippen molar-refractivity contribution in [1.82, 2.24) is 15.0 Å². The van der Waals surface area contributed by atoms with Crippen LogP contribution >= 0.6 is 0 Å². The molecule has 1 unspecified atom stereocenters. The maximum Gasteiger partial charge on any atom is 0.309 e. The Labute approximate surface area is 235 Å². The smallest absolute Gasteiger partial charge is 0.309 e. The predicted molar refractivity (Wildman–Crippen MR) is 153 cm³/mol. The fourth-order valence-electron chi connectivity index (χ4n) is 4.63. The monoisotopic (exact) mass is 549 g/mol. The molecule has 1 amide bonds. The highest BCUT2D eigenvalue weighted by Crippen LogP contribution is 2.32. The third-order valence-electron chi connectivity index (χ3n) is 6.90. The number of carbonyl (C=O) groups is 2. The molecule has 214 valence electrons. The van der Waals surface area contributed by atoms with Crippen molar-refractivity contribution in [1.29, 1.82) is 0 Å². The molecule has 2 atom stereocenters. The lowest BCUT2D eigenvalue weighted by Gasteiger charge is -2.31. The van der Waals surface area contributed by atoms with E-state index < -0.39 is 17.1 Å². The summed E-state index contributed by atoms with van der Waals surface area (Å²) in [5.41, 5.74) is 7.20. The fourth-order valence-corrected chi connectivity index (χ4v) is 4.63. The number of aromatic nitrogens is 3. The number of primary amides is 1. The van der Waals surface area contributed by atoms with E-state index in [9.17, 15) is 9.59 Å². The number of fused-ring (bicyclic) bond motifs is 1. The molecule has 2 heterocycles. The summed E-state index contributed by atoms with van der Waals surface area (Å²) in [5.74, 6) is 0.195. The molecule has 1 fully saturated rings. The van der Waals surface area contributed by atoms with Crippen LogP contribution in [0.3, 0.4) is 0 Å². The minimum atomic E-state index is -0.609. The Bertz CT molecular complexity index is 1370. The maximum absolute atomic E-state index is 12.7. The molecule has 10 heteroatoms. The van der Waals surface area contributed by atoms with Gasteiger partial charge in [-0.1, -0.05) is 6.42 Å². The van der Waals surface area contributed by atoms with Crippen LogP contribution in [-0.4, -0.2) is 57.8 Å². The van der Waals surface area contributed by atoms with Gasteiger partial charge in [-0.25, -0.2) is 15.0 Å². The number of rotatable bonds is 9. The summed E-state index contributed by atoms with van der Waals surface area (Å²) in [5, 5.41) is 3.46. The zero-order valence-electron chi connectivity index (χ0n) is 24.1. The van der Waals surface area contributed by atoms with Gasteiger partial charge in [0, 0.05) is 18.7 Å². The number of hydrogen-bond acceptors (Lipinski definition) is 9. The van der Waals surface area contributed by atoms with E-state index in [1.807, 2.05) is 58.9 Å². The standard InChI is InChI=1S/C30H39N5O5/c1-29(2,3)40-28(37)19-8-7-9-20(14-19)34-27-25-24(32-17-33-27)22(26(31)36)15-23(35-25)18-10-12-21(13-11-18)39-16-30(4,5)38-6/h10-13,15,17,19-20H,7-9,14,16H2,1-6H3,(H2,31,36)(H,32,33,34)/t19?,20-/m0/s1. The van der Waals surface area contributed by atoms with E-state index in [2.05, 4.69) is 15.3 Å². The van der Waals surface area contributed by atoms with E-state index in [1.54, 1.807) is 13.2 Å². The van der Waals surface area contributed by atoms with Gasteiger partial charge in [-0.15, -0.1) is 0 Å². The molecule has 1 aliphatic carbocycles. The van der Waals surface area contributed by atoms with E-state index in [0.29, 0.717) is 41.3 Å². The topological polar surface area (TPSA) is 139 Å². The van der Waals surface area contributed by atoms with Crippen LogP contribution in [0.5, 0.6) is 5.75 Å². The van der Waals surface area contributed by atoms with Gasteiger partial charge in [0.1, 0.15) is 35.3 Å². The molecule has 40 heavy (non-hydrogen) atoms. The highest BCUT2D eigenvalue weighted by molar-refractivity contribution is 6.06. The van der Waals surface area contributed by atoms with Gasteiger partial charge in [-0.3, -0.25) is 9.59 Å². The Balaban J connectivity index is 1.61. The first-order valence-electron chi connectivity index (χ1n) is 13.6. The van der Waals surface area contributed by atoms with Gasteiger partial charge in [0.2, 0.25) is 0 Å². The molecule has 0 radical (unpaired) electrons. The molecule has 2 aromatic heterocycles. The Hall–Kier alpha value is -3.79. The van der Waals surface area contributed by atoms with Crippen LogP contribution in [0, 0.1) is 5.92 Å². The largest absolute Gasteiger partial charge is 0.491 e. The van der Waals surface area contributed by atoms with Crippen molar-refractivity contribution in [2.45, 2.75) is 77.5 Å². The van der Waals surface area contributed by atoms with Gasteiger partial charge in [0.15, 0.2) is 5.82 Å². The highest BCUT2D eigenvalue weighted by atomic mass is 16.6. The maximum atomic E-state index is 12.7. The zero-order valence-corrected chi connectivity index (χ0v) is 24.1. The average molecular weight is 550 g/mol. The van der Waals surface area contributed by atoms with Crippen LogP contribution in [-0.2, 0) is 14.3 Å². The summed E-state index contributed by atoms with van der Waals surface area (Å²) in [6.07, 6.45) is 4.54. The molecular weight excluding hydrogens is 510 g/mol. The molecule has 0 bridgehead atoms. The lowest BCUT2D eigenvalue weighted by molar-refractivity contribution is -0.161. The minimum absolute atomic E-state index is 0.0142. The Morgan fingerprint density at radius 1 is 1.05 bits per heavy atom. The number of nitrogens with zero attached hydrogens (tertiary/aromatic N) is 3. The number of hydrogen-bond donors (Lipinski definition) is 2. The number of amides is 1. The quantitative estimate of drug-likeness (QED) is 0.357. The second-order valence-electron chi connectivity index (χ2n) is 11.9. The number of anilines is 1. The SMILES string of the molecule is COC(C)(C)COc1ccc(-c2cc(C(N)=O)c3ncnc(N[C@H]4CCCC(C(=O)OC(C)(C)C)C4)c3n2)cc1. The van der Waals surface area contributed by atoms with E-state index in [1.165, 1.54) is 6.33 Å². The normalized spacial score (nSPS) is 17.9. The van der Waals surface area contributed by atoms with Gasteiger partial charge in [-0.05, 0) is 84.2 Å². The average Bonchev–Trinajstić information content (AvgIpc) is 2.91. The van der Waals surface area contributed by atoms with Gasteiger partial charge >= 0.3 is 5.97 Å². The predicted octanol–water partition coefficient (Wildman–Crippen LogP) is 4.91. The van der Waals surface area contributed by atoms with Crippen LogP contribution in [0.4, 0.5) is 5.82 Å². The Kier molecular flexibility index (Phi) is 8.58. The van der Waals surface area contributed by atoms with E-state index in [-0.39, 0.29) is 23.5 Å². The van der Waals surface area contributed by atoms with E-state index in [0.717, 1.165) is 24.8 Å². The van der Waals surface area contributed by atoms with Crippen LogP contribution < -0.4 is 15.8 Å². The summed E-state index contributed by atoms with van der Waals surface area (Å²) in [6.45, 7) is 9.91. The summed E-state index contributed by atoms with van der Waals surface area (Å²) in [7, 11) is 1.65. The number of nitrogens with two attached hydrogens (primary N) is 1. The molecular formula is C30H39N5O5. The Morgan fingerprint density at radius 2 is 1.77 bits per heavy atom. The molecule has 0 saturated heterocycles. The number of ether oxygens (including phenoxy) is 3. The summed E-state index contributed by atoms with van der Waals surface area (Å²) in [6, 6.07) is 9.06. The minimum Gasteiger partial charge on any atom is -0.491 e. The molecule has 0 aliphatic heterocycles. The number of pyridine rings is 1.